The predicted octanol–water partition coefficient (Wildman–Crippen LogP) is 2.14. The van der Waals surface area contributed by atoms with E-state index in [0.29, 0.717) is 18.8 Å². The third-order valence-corrected chi connectivity index (χ3v) is 3.22. The van der Waals surface area contributed by atoms with E-state index < -0.39 is 11.6 Å². The molecule has 1 aliphatic heterocycles. The number of carbonyl (C=O) groups excluding carboxylic acids is 1. The second-order valence-electron chi connectivity index (χ2n) is 4.05. The van der Waals surface area contributed by atoms with Crippen molar-refractivity contribution in [2.45, 2.75) is 6.42 Å². The zero-order valence-electron chi connectivity index (χ0n) is 8.92. The monoisotopic (exact) mass is 260 g/mol. The molecule has 1 aromatic carbocycles. The fraction of sp³-hybridized carbons (Fsp3) is 0.364. The maximum Gasteiger partial charge on any atom is 0.227 e. The lowest BCUT2D eigenvalue weighted by atomic mass is 10.1. The van der Waals surface area contributed by atoms with Gasteiger partial charge >= 0.3 is 0 Å². The van der Waals surface area contributed by atoms with Gasteiger partial charge in [-0.3, -0.25) is 4.79 Å². The van der Waals surface area contributed by atoms with Gasteiger partial charge in [0.15, 0.2) is 11.6 Å². The van der Waals surface area contributed by atoms with E-state index in [1.165, 1.54) is 4.90 Å². The number of hydrogen-bond acceptors (Lipinski definition) is 2. The van der Waals surface area contributed by atoms with Gasteiger partial charge in [-0.05, 0) is 5.92 Å². The summed E-state index contributed by atoms with van der Waals surface area (Å²) in [6.07, 6.45) is 0.307. The smallest absolute Gasteiger partial charge is 0.227 e. The Morgan fingerprint density at radius 2 is 2.06 bits per heavy atom. The van der Waals surface area contributed by atoms with Crippen molar-refractivity contribution < 1.29 is 13.6 Å². The number of nitrogens with two attached hydrogens (primary N) is 1. The first kappa shape index (κ1) is 12.1. The summed E-state index contributed by atoms with van der Waals surface area (Å²) in [5, 5.41) is 0. The van der Waals surface area contributed by atoms with E-state index in [1.54, 1.807) is 0 Å². The van der Waals surface area contributed by atoms with Gasteiger partial charge in [0.05, 0.1) is 11.4 Å². The molecular formula is C11H11ClF2N2O. The lowest BCUT2D eigenvalue weighted by Gasteiger charge is -2.18. The number of carbonyl (C=O) groups is 1. The zero-order valence-corrected chi connectivity index (χ0v) is 9.68. The summed E-state index contributed by atoms with van der Waals surface area (Å²) in [7, 11) is 0. The van der Waals surface area contributed by atoms with Crippen LogP contribution in [0, 0.1) is 17.6 Å². The Balaban J connectivity index is 2.35. The average molecular weight is 261 g/mol. The van der Waals surface area contributed by atoms with E-state index in [2.05, 4.69) is 0 Å². The fourth-order valence-electron chi connectivity index (χ4n) is 1.90. The summed E-state index contributed by atoms with van der Waals surface area (Å²) in [5.41, 5.74) is 5.84. The SMILES string of the molecule is Nc1cc(F)c(F)cc1N1CC(CCl)CC1=O. The topological polar surface area (TPSA) is 46.3 Å². The minimum atomic E-state index is -1.02. The molecule has 0 radical (unpaired) electrons. The number of anilines is 2. The van der Waals surface area contributed by atoms with E-state index in [1.807, 2.05) is 0 Å². The van der Waals surface area contributed by atoms with Gasteiger partial charge in [0.2, 0.25) is 5.91 Å². The molecule has 1 fully saturated rings. The summed E-state index contributed by atoms with van der Waals surface area (Å²) >= 11 is 5.68. The first-order valence-electron chi connectivity index (χ1n) is 5.13. The molecule has 1 unspecified atom stereocenters. The largest absolute Gasteiger partial charge is 0.397 e. The number of rotatable bonds is 2. The number of benzene rings is 1. The van der Waals surface area contributed by atoms with Crippen LogP contribution in [0.4, 0.5) is 20.2 Å². The van der Waals surface area contributed by atoms with Crippen molar-refractivity contribution in [2.24, 2.45) is 5.92 Å². The standard InChI is InChI=1S/C11H11ClF2N2O/c12-4-6-1-11(17)16(5-6)10-3-8(14)7(13)2-9(10)15/h2-3,6H,1,4-5,15H2. The zero-order chi connectivity index (χ0) is 12.6. The Labute approximate surface area is 102 Å². The molecule has 1 heterocycles. The summed E-state index contributed by atoms with van der Waals surface area (Å²) < 4.78 is 26.0. The maximum atomic E-state index is 13.1. The molecule has 2 N–H and O–H groups in total. The molecule has 1 aromatic rings. The van der Waals surface area contributed by atoms with Gasteiger partial charge in [-0.15, -0.1) is 11.6 Å². The number of nitrogen functional groups attached to an aromatic ring is 1. The number of hydrogen-bond donors (Lipinski definition) is 1. The molecule has 1 amide bonds. The van der Waals surface area contributed by atoms with Crippen LogP contribution >= 0.6 is 11.6 Å². The number of halogens is 3. The van der Waals surface area contributed by atoms with Crippen LogP contribution < -0.4 is 10.6 Å². The number of amides is 1. The Kier molecular flexibility index (Phi) is 3.19. The lowest BCUT2D eigenvalue weighted by molar-refractivity contribution is -0.117. The average Bonchev–Trinajstić information content (AvgIpc) is 2.65. The molecule has 17 heavy (non-hydrogen) atoms. The third-order valence-electron chi connectivity index (χ3n) is 2.78. The highest BCUT2D eigenvalue weighted by molar-refractivity contribution is 6.18. The van der Waals surface area contributed by atoms with Gasteiger partial charge in [0.1, 0.15) is 0 Å². The van der Waals surface area contributed by atoms with Gasteiger partial charge in [-0.2, -0.15) is 0 Å². The molecule has 2 rings (SSSR count). The molecule has 92 valence electrons. The number of nitrogens with zero attached hydrogens (tertiary/aromatic N) is 1. The molecule has 0 saturated carbocycles. The van der Waals surface area contributed by atoms with E-state index in [-0.39, 0.29) is 23.2 Å². The summed E-state index contributed by atoms with van der Waals surface area (Å²) in [5.74, 6) is -1.83. The highest BCUT2D eigenvalue weighted by Crippen LogP contribution is 2.31. The van der Waals surface area contributed by atoms with E-state index in [4.69, 9.17) is 17.3 Å². The Bertz CT molecular complexity index is 467. The summed E-state index contributed by atoms with van der Waals surface area (Å²) in [6.45, 7) is 0.387. The van der Waals surface area contributed by atoms with Crippen LogP contribution in [0.25, 0.3) is 0 Å². The van der Waals surface area contributed by atoms with Crippen molar-refractivity contribution in [1.29, 1.82) is 0 Å². The van der Waals surface area contributed by atoms with Crippen LogP contribution in [0.2, 0.25) is 0 Å². The molecule has 1 aliphatic rings. The van der Waals surface area contributed by atoms with Crippen molar-refractivity contribution in [3.63, 3.8) is 0 Å². The summed E-state index contributed by atoms with van der Waals surface area (Å²) in [4.78, 5) is 13.0. The van der Waals surface area contributed by atoms with Gasteiger partial charge in [0, 0.05) is 31.0 Å². The quantitative estimate of drug-likeness (QED) is 0.654. The molecule has 0 spiro atoms. The molecule has 1 saturated heterocycles. The fourth-order valence-corrected chi connectivity index (χ4v) is 2.11. The van der Waals surface area contributed by atoms with Crippen LogP contribution in [-0.4, -0.2) is 18.3 Å². The molecule has 0 aliphatic carbocycles. The maximum absolute atomic E-state index is 13.1. The molecular weight excluding hydrogens is 250 g/mol. The van der Waals surface area contributed by atoms with E-state index in [0.717, 1.165) is 12.1 Å². The third kappa shape index (κ3) is 2.20. The normalized spacial score (nSPS) is 20.1. The first-order chi connectivity index (χ1) is 8.02. The van der Waals surface area contributed by atoms with Crippen LogP contribution in [0.15, 0.2) is 12.1 Å². The van der Waals surface area contributed by atoms with E-state index in [9.17, 15) is 13.6 Å². The summed E-state index contributed by atoms with van der Waals surface area (Å²) in [6, 6.07) is 1.82. The molecule has 1 atom stereocenters. The van der Waals surface area contributed by atoms with Crippen molar-refractivity contribution >= 4 is 28.9 Å². The van der Waals surface area contributed by atoms with Crippen LogP contribution in [0.5, 0.6) is 0 Å². The van der Waals surface area contributed by atoms with E-state index >= 15 is 0 Å². The highest BCUT2D eigenvalue weighted by Gasteiger charge is 2.31. The van der Waals surface area contributed by atoms with Crippen molar-refractivity contribution in [2.75, 3.05) is 23.1 Å². The first-order valence-corrected chi connectivity index (χ1v) is 5.67. The van der Waals surface area contributed by atoms with Gasteiger partial charge in [-0.25, -0.2) is 8.78 Å². The Morgan fingerprint density at radius 1 is 1.41 bits per heavy atom. The van der Waals surface area contributed by atoms with Crippen LogP contribution in [0.1, 0.15) is 6.42 Å². The number of alkyl halides is 1. The predicted molar refractivity (Wildman–Crippen MR) is 62.0 cm³/mol. The minimum absolute atomic E-state index is 0.0247. The van der Waals surface area contributed by atoms with Crippen molar-refractivity contribution in [3.8, 4) is 0 Å². The second-order valence-corrected chi connectivity index (χ2v) is 4.36. The van der Waals surface area contributed by atoms with Crippen LogP contribution in [-0.2, 0) is 4.79 Å². The molecule has 0 aromatic heterocycles. The molecule has 0 bridgehead atoms. The second kappa shape index (κ2) is 4.49. The van der Waals surface area contributed by atoms with Crippen molar-refractivity contribution in [1.82, 2.24) is 0 Å². The minimum Gasteiger partial charge on any atom is -0.397 e. The Morgan fingerprint density at radius 3 is 2.65 bits per heavy atom. The highest BCUT2D eigenvalue weighted by atomic mass is 35.5. The molecule has 3 nitrogen and oxygen atoms in total. The Hall–Kier alpha value is -1.36. The van der Waals surface area contributed by atoms with Crippen LogP contribution in [0.3, 0.4) is 0 Å². The van der Waals surface area contributed by atoms with Crippen molar-refractivity contribution in [3.05, 3.63) is 23.8 Å². The van der Waals surface area contributed by atoms with Gasteiger partial charge in [-0.1, -0.05) is 0 Å². The lowest BCUT2D eigenvalue weighted by Crippen LogP contribution is -2.26. The van der Waals surface area contributed by atoms with Gasteiger partial charge < -0.3 is 10.6 Å². The van der Waals surface area contributed by atoms with Gasteiger partial charge in [0.25, 0.3) is 0 Å². The molecule has 6 heteroatoms.